The van der Waals surface area contributed by atoms with Crippen molar-refractivity contribution in [1.29, 1.82) is 0 Å². The molecule has 0 amide bonds. The van der Waals surface area contributed by atoms with Crippen LogP contribution >= 0.6 is 0 Å². The Labute approximate surface area is 124 Å². The Morgan fingerprint density at radius 3 is 2.33 bits per heavy atom. The van der Waals surface area contributed by atoms with E-state index in [2.05, 4.69) is 9.71 Å². The molecule has 0 bridgehead atoms. The summed E-state index contributed by atoms with van der Waals surface area (Å²) in [6.45, 7) is 4.10. The number of aromatic nitrogens is 1. The number of aryl methyl sites for hydroxylation is 2. The van der Waals surface area contributed by atoms with Gasteiger partial charge in [0.2, 0.25) is 15.9 Å². The summed E-state index contributed by atoms with van der Waals surface area (Å²) in [7, 11) is -3.44. The summed E-state index contributed by atoms with van der Waals surface area (Å²) in [6.07, 6.45) is 0. The number of hydrogen-bond acceptors (Lipinski definition) is 5. The predicted octanol–water partition coefficient (Wildman–Crippen LogP) is 1.37. The standard InChI is InChI=1S/C14H19N3O3S/c1-10-11(2)20-14(17-10)8-16-21(18,19)9-13-5-3-12(7-15)4-6-13/h3-6,16H,7-9,15H2,1-2H3. The average Bonchev–Trinajstić information content (AvgIpc) is 2.76. The zero-order valence-corrected chi connectivity index (χ0v) is 12.9. The number of benzene rings is 1. The fourth-order valence-corrected chi connectivity index (χ4v) is 2.91. The minimum absolute atomic E-state index is 0.0535. The first-order valence-corrected chi connectivity index (χ1v) is 8.23. The molecule has 1 aromatic heterocycles. The Hall–Kier alpha value is -1.70. The molecule has 21 heavy (non-hydrogen) atoms. The molecular formula is C14H19N3O3S. The van der Waals surface area contributed by atoms with Gasteiger partial charge in [0.15, 0.2) is 0 Å². The van der Waals surface area contributed by atoms with Crippen LogP contribution in [-0.2, 0) is 28.9 Å². The van der Waals surface area contributed by atoms with Crippen molar-refractivity contribution < 1.29 is 12.8 Å². The molecule has 7 heteroatoms. The fraction of sp³-hybridized carbons (Fsp3) is 0.357. The van der Waals surface area contributed by atoms with Gasteiger partial charge in [-0.15, -0.1) is 0 Å². The lowest BCUT2D eigenvalue weighted by atomic mass is 10.1. The van der Waals surface area contributed by atoms with Gasteiger partial charge in [-0.05, 0) is 25.0 Å². The van der Waals surface area contributed by atoms with E-state index in [1.54, 1.807) is 19.1 Å². The van der Waals surface area contributed by atoms with Crippen molar-refractivity contribution >= 4 is 10.0 Å². The lowest BCUT2D eigenvalue weighted by Crippen LogP contribution is -2.24. The summed E-state index contributed by atoms with van der Waals surface area (Å²) in [5.41, 5.74) is 7.95. The van der Waals surface area contributed by atoms with Crippen LogP contribution in [0.3, 0.4) is 0 Å². The molecule has 0 aliphatic rings. The number of nitrogens with two attached hydrogens (primary N) is 1. The molecule has 0 fully saturated rings. The Morgan fingerprint density at radius 2 is 1.81 bits per heavy atom. The summed E-state index contributed by atoms with van der Waals surface area (Å²) in [6, 6.07) is 7.18. The van der Waals surface area contributed by atoms with Gasteiger partial charge >= 0.3 is 0 Å². The van der Waals surface area contributed by atoms with Gasteiger partial charge in [-0.1, -0.05) is 24.3 Å². The molecule has 2 rings (SSSR count). The molecule has 2 aromatic rings. The summed E-state index contributed by atoms with van der Waals surface area (Å²) in [5, 5.41) is 0. The fourth-order valence-electron chi connectivity index (χ4n) is 1.83. The molecule has 3 N–H and O–H groups in total. The molecule has 0 radical (unpaired) electrons. The van der Waals surface area contributed by atoms with E-state index in [0.29, 0.717) is 23.8 Å². The number of sulfonamides is 1. The van der Waals surface area contributed by atoms with Crippen LogP contribution in [0.2, 0.25) is 0 Å². The third kappa shape index (κ3) is 4.38. The van der Waals surface area contributed by atoms with Crippen LogP contribution in [0.4, 0.5) is 0 Å². The smallest absolute Gasteiger partial charge is 0.216 e. The zero-order valence-electron chi connectivity index (χ0n) is 12.1. The highest BCUT2D eigenvalue weighted by Crippen LogP contribution is 2.10. The highest BCUT2D eigenvalue weighted by Gasteiger charge is 2.14. The van der Waals surface area contributed by atoms with E-state index in [4.69, 9.17) is 10.2 Å². The summed E-state index contributed by atoms with van der Waals surface area (Å²) < 4.78 is 31.9. The van der Waals surface area contributed by atoms with Crippen LogP contribution in [0.15, 0.2) is 28.7 Å². The summed E-state index contributed by atoms with van der Waals surface area (Å²) >= 11 is 0. The Morgan fingerprint density at radius 1 is 1.19 bits per heavy atom. The largest absolute Gasteiger partial charge is 0.444 e. The second-order valence-corrected chi connectivity index (χ2v) is 6.66. The van der Waals surface area contributed by atoms with E-state index >= 15 is 0 Å². The molecule has 0 atom stereocenters. The van der Waals surface area contributed by atoms with Gasteiger partial charge < -0.3 is 10.2 Å². The molecule has 0 spiro atoms. The van der Waals surface area contributed by atoms with E-state index in [1.807, 2.05) is 19.1 Å². The first kappa shape index (κ1) is 15.7. The lowest BCUT2D eigenvalue weighted by Gasteiger charge is -2.06. The van der Waals surface area contributed by atoms with Crippen molar-refractivity contribution in [1.82, 2.24) is 9.71 Å². The van der Waals surface area contributed by atoms with Crippen molar-refractivity contribution in [3.8, 4) is 0 Å². The number of oxazole rings is 1. The molecule has 6 nitrogen and oxygen atoms in total. The monoisotopic (exact) mass is 309 g/mol. The van der Waals surface area contributed by atoms with Crippen LogP contribution in [-0.4, -0.2) is 13.4 Å². The maximum Gasteiger partial charge on any atom is 0.216 e. The average molecular weight is 309 g/mol. The van der Waals surface area contributed by atoms with Crippen LogP contribution < -0.4 is 10.5 Å². The number of rotatable bonds is 6. The van der Waals surface area contributed by atoms with E-state index in [1.165, 1.54) is 0 Å². The molecule has 1 aromatic carbocycles. The third-order valence-corrected chi connectivity index (χ3v) is 4.43. The molecule has 0 saturated heterocycles. The topological polar surface area (TPSA) is 98.2 Å². The number of nitrogens with one attached hydrogen (secondary N) is 1. The highest BCUT2D eigenvalue weighted by atomic mass is 32.2. The van der Waals surface area contributed by atoms with E-state index < -0.39 is 10.0 Å². The van der Waals surface area contributed by atoms with Gasteiger partial charge in [-0.2, -0.15) is 0 Å². The minimum atomic E-state index is -3.44. The van der Waals surface area contributed by atoms with Gasteiger partial charge in [0, 0.05) is 6.54 Å². The van der Waals surface area contributed by atoms with Crippen LogP contribution in [0, 0.1) is 13.8 Å². The maximum atomic E-state index is 12.0. The molecule has 0 unspecified atom stereocenters. The minimum Gasteiger partial charge on any atom is -0.444 e. The molecule has 0 aliphatic carbocycles. The summed E-state index contributed by atoms with van der Waals surface area (Å²) in [5.74, 6) is 0.977. The molecule has 0 saturated carbocycles. The van der Waals surface area contributed by atoms with Crippen LogP contribution in [0.25, 0.3) is 0 Å². The highest BCUT2D eigenvalue weighted by molar-refractivity contribution is 7.88. The molecule has 1 heterocycles. The maximum absolute atomic E-state index is 12.0. The lowest BCUT2D eigenvalue weighted by molar-refractivity contribution is 0.463. The van der Waals surface area contributed by atoms with Gasteiger partial charge in [0.05, 0.1) is 18.0 Å². The van der Waals surface area contributed by atoms with E-state index in [9.17, 15) is 8.42 Å². The number of nitrogens with zero attached hydrogens (tertiary/aromatic N) is 1. The van der Waals surface area contributed by atoms with Crippen LogP contribution in [0.1, 0.15) is 28.5 Å². The molecule has 114 valence electrons. The first-order chi connectivity index (χ1) is 9.89. The third-order valence-electron chi connectivity index (χ3n) is 3.13. The SMILES string of the molecule is Cc1nc(CNS(=O)(=O)Cc2ccc(CN)cc2)oc1C. The van der Waals surface area contributed by atoms with Crippen molar-refractivity contribution in [3.05, 3.63) is 52.7 Å². The predicted molar refractivity (Wildman–Crippen MR) is 79.8 cm³/mol. The molecule has 0 aliphatic heterocycles. The Bertz CT molecular complexity index is 686. The second kappa shape index (κ2) is 6.38. The number of hydrogen-bond donors (Lipinski definition) is 2. The van der Waals surface area contributed by atoms with Gasteiger partial charge in [0.25, 0.3) is 0 Å². The summed E-state index contributed by atoms with van der Waals surface area (Å²) in [4.78, 5) is 4.14. The van der Waals surface area contributed by atoms with Gasteiger partial charge in [-0.3, -0.25) is 0 Å². The first-order valence-electron chi connectivity index (χ1n) is 6.58. The van der Waals surface area contributed by atoms with E-state index in [-0.39, 0.29) is 12.3 Å². The second-order valence-electron chi connectivity index (χ2n) is 4.85. The quantitative estimate of drug-likeness (QED) is 0.839. The normalized spacial score (nSPS) is 11.8. The zero-order chi connectivity index (χ0) is 15.5. The van der Waals surface area contributed by atoms with Crippen molar-refractivity contribution in [2.45, 2.75) is 32.7 Å². The molecular weight excluding hydrogens is 290 g/mol. The van der Waals surface area contributed by atoms with Crippen molar-refractivity contribution in [2.24, 2.45) is 5.73 Å². The van der Waals surface area contributed by atoms with Crippen molar-refractivity contribution in [3.63, 3.8) is 0 Å². The Kier molecular flexibility index (Phi) is 4.76. The van der Waals surface area contributed by atoms with Crippen LogP contribution in [0.5, 0.6) is 0 Å². The van der Waals surface area contributed by atoms with E-state index in [0.717, 1.165) is 11.3 Å². The van der Waals surface area contributed by atoms with Gasteiger partial charge in [-0.25, -0.2) is 18.1 Å². The van der Waals surface area contributed by atoms with Gasteiger partial charge in [0.1, 0.15) is 5.76 Å². The Balaban J connectivity index is 1.97. The van der Waals surface area contributed by atoms with Crippen molar-refractivity contribution in [2.75, 3.05) is 0 Å².